The van der Waals surface area contributed by atoms with Crippen molar-refractivity contribution in [2.45, 2.75) is 61.6 Å². The van der Waals surface area contributed by atoms with Crippen molar-refractivity contribution in [3.8, 4) is 17.2 Å². The lowest BCUT2D eigenvalue weighted by atomic mass is 9.84. The third kappa shape index (κ3) is 5.22. The lowest BCUT2D eigenvalue weighted by molar-refractivity contribution is -0.349. The van der Waals surface area contributed by atoms with E-state index in [-0.39, 0.29) is 29.0 Å². The first-order valence-electron chi connectivity index (χ1n) is 14.1. The fourth-order valence-electron chi connectivity index (χ4n) is 6.25. The highest BCUT2D eigenvalue weighted by Gasteiger charge is 2.59. The van der Waals surface area contributed by atoms with Gasteiger partial charge < -0.3 is 50.3 Å². The minimum absolute atomic E-state index is 0.0123. The molecule has 0 bridgehead atoms. The maximum absolute atomic E-state index is 13.7. The van der Waals surface area contributed by atoms with Gasteiger partial charge in [-0.3, -0.25) is 19.7 Å². The lowest BCUT2D eigenvalue weighted by Gasteiger charge is -2.50. The first-order valence-corrected chi connectivity index (χ1v) is 14.1. The van der Waals surface area contributed by atoms with E-state index >= 15 is 0 Å². The minimum Gasteiger partial charge on any atom is -0.508 e. The largest absolute Gasteiger partial charge is 0.508 e. The summed E-state index contributed by atoms with van der Waals surface area (Å²) in [6.45, 7) is -0.452. The van der Waals surface area contributed by atoms with Crippen molar-refractivity contribution in [1.82, 2.24) is 0 Å². The molecule has 2 aromatic carbocycles. The van der Waals surface area contributed by atoms with Crippen LogP contribution in [0.4, 0.5) is 5.69 Å². The molecule has 15 heteroatoms. The molecule has 0 saturated carbocycles. The second-order valence-electron chi connectivity index (χ2n) is 11.3. The number of rotatable bonds is 6. The summed E-state index contributed by atoms with van der Waals surface area (Å²) in [5.41, 5.74) is 1.83. The number of hydrogen-bond acceptors (Lipinski definition) is 13. The zero-order valence-electron chi connectivity index (χ0n) is 23.6. The van der Waals surface area contributed by atoms with Gasteiger partial charge in [0.1, 0.15) is 42.9 Å². The fourth-order valence-corrected chi connectivity index (χ4v) is 6.25. The Hall–Kier alpha value is -4.38. The lowest BCUT2D eigenvalue weighted by Crippen LogP contribution is -2.68. The van der Waals surface area contributed by atoms with Crippen LogP contribution < -0.4 is 9.64 Å². The van der Waals surface area contributed by atoms with Crippen LogP contribution in [0.15, 0.2) is 40.3 Å². The standard InChI is InChI=1S/C30H31N3O12/c34-11-21-25(39)26(40)28(41)30(44-21)9-20(37)23-24-15(8-19(36)27(23)45-30)7-17(29(42)43)33(24)22(38)4-2-13-1-3-18(35)14(5-13)6-16-10-31-12-32-16/h1-5,8,10,17,20-21,25-26,28,34-37,39-41H,6-7,9,11-12H2,(H,42,43)/t17-,20+,21-,25-,26+,28-,30+/m1/s1. The average molecular weight is 626 g/mol. The molecule has 0 aromatic heterocycles. The van der Waals surface area contributed by atoms with Crippen molar-refractivity contribution in [2.24, 2.45) is 9.98 Å². The summed E-state index contributed by atoms with van der Waals surface area (Å²) >= 11 is 0. The van der Waals surface area contributed by atoms with Gasteiger partial charge in [-0.05, 0) is 35.4 Å². The number of carboxylic acid groups (broad SMARTS) is 1. The second kappa shape index (κ2) is 11.5. The monoisotopic (exact) mass is 625 g/mol. The fraction of sp³-hybridized carbons (Fsp3) is 0.400. The van der Waals surface area contributed by atoms with E-state index in [0.29, 0.717) is 29.9 Å². The van der Waals surface area contributed by atoms with Crippen LogP contribution in [0, 0.1) is 0 Å². The quantitative estimate of drug-likeness (QED) is 0.183. The number of fused-ring (bicyclic) bond motifs is 3. The summed E-state index contributed by atoms with van der Waals surface area (Å²) in [7, 11) is 0. The second-order valence-corrected chi connectivity index (χ2v) is 11.3. The third-order valence-corrected chi connectivity index (χ3v) is 8.45. The predicted molar refractivity (Wildman–Crippen MR) is 155 cm³/mol. The molecular weight excluding hydrogens is 594 g/mol. The van der Waals surface area contributed by atoms with Crippen molar-refractivity contribution in [3.05, 3.63) is 52.6 Å². The molecule has 0 unspecified atom stereocenters. The van der Waals surface area contributed by atoms with Crippen molar-refractivity contribution < 1.29 is 59.9 Å². The SMILES string of the molecule is O=C(O)[C@H]1Cc2cc(O)c3c(c2N1C(=O)C=Cc1ccc(O)c(CC2=NCN=C2)c1)[C@@H](O)C[C@@]1(O3)O[C@H](CO)[C@@H](O)[C@H](O)[C@H]1O. The number of carbonyl (C=O) groups excluding carboxylic acids is 1. The topological polar surface area (TPSA) is 242 Å². The Morgan fingerprint density at radius 2 is 1.87 bits per heavy atom. The van der Waals surface area contributed by atoms with Crippen LogP contribution in [-0.4, -0.2) is 114 Å². The molecule has 1 saturated heterocycles. The van der Waals surface area contributed by atoms with Crippen LogP contribution in [0.1, 0.15) is 34.8 Å². The molecule has 2 aromatic rings. The highest BCUT2D eigenvalue weighted by Crippen LogP contribution is 2.55. The molecule has 1 amide bonds. The van der Waals surface area contributed by atoms with E-state index in [1.165, 1.54) is 18.2 Å². The van der Waals surface area contributed by atoms with Gasteiger partial charge in [-0.25, -0.2) is 4.79 Å². The molecule has 4 aliphatic rings. The number of carboxylic acids is 1. The molecule has 7 atom stereocenters. The van der Waals surface area contributed by atoms with Gasteiger partial charge in [-0.1, -0.05) is 6.07 Å². The molecule has 0 aliphatic carbocycles. The summed E-state index contributed by atoms with van der Waals surface area (Å²) in [4.78, 5) is 35.2. The van der Waals surface area contributed by atoms with Gasteiger partial charge in [0.25, 0.3) is 5.91 Å². The highest BCUT2D eigenvalue weighted by atomic mass is 16.7. The molecule has 15 nitrogen and oxygen atoms in total. The van der Waals surface area contributed by atoms with Gasteiger partial charge in [0.2, 0.25) is 5.79 Å². The minimum atomic E-state index is -2.21. The number of carbonyl (C=O) groups is 2. The van der Waals surface area contributed by atoms with E-state index in [2.05, 4.69) is 9.98 Å². The summed E-state index contributed by atoms with van der Waals surface area (Å²) < 4.78 is 11.5. The Balaban J connectivity index is 1.35. The van der Waals surface area contributed by atoms with Gasteiger partial charge >= 0.3 is 5.97 Å². The van der Waals surface area contributed by atoms with Gasteiger partial charge in [0.15, 0.2) is 11.5 Å². The number of phenols is 2. The summed E-state index contributed by atoms with van der Waals surface area (Å²) in [5.74, 6) is -5.28. The number of anilines is 1. The van der Waals surface area contributed by atoms with E-state index in [4.69, 9.17) is 9.47 Å². The third-order valence-electron chi connectivity index (χ3n) is 8.45. The number of nitrogens with zero attached hydrogens (tertiary/aromatic N) is 3. The molecule has 1 spiro atoms. The van der Waals surface area contributed by atoms with Crippen molar-refractivity contribution in [1.29, 1.82) is 0 Å². The van der Waals surface area contributed by atoms with E-state index in [1.807, 2.05) is 0 Å². The first kappa shape index (κ1) is 30.6. The van der Waals surface area contributed by atoms with E-state index in [0.717, 1.165) is 11.0 Å². The van der Waals surface area contributed by atoms with Gasteiger partial charge in [0, 0.05) is 37.1 Å². The Bertz CT molecular complexity index is 1640. The number of aliphatic carboxylic acids is 1. The number of phenolic OH excluding ortho intramolecular Hbond substituents is 2. The Labute approximate surface area is 255 Å². The number of hydrogen-bond donors (Lipinski definition) is 8. The number of aliphatic hydroxyl groups excluding tert-OH is 5. The van der Waals surface area contributed by atoms with E-state index in [1.54, 1.807) is 18.3 Å². The molecule has 6 rings (SSSR count). The molecule has 238 valence electrons. The number of aliphatic imine (C=N–C) groups is 2. The molecule has 8 N–H and O–H groups in total. The van der Waals surface area contributed by atoms with Crippen molar-refractivity contribution >= 4 is 35.6 Å². The van der Waals surface area contributed by atoms with E-state index < -0.39 is 78.8 Å². The Morgan fingerprint density at radius 3 is 2.56 bits per heavy atom. The van der Waals surface area contributed by atoms with Crippen LogP contribution >= 0.6 is 0 Å². The molecule has 0 radical (unpaired) electrons. The molecular formula is C30H31N3O12. The number of amides is 1. The average Bonchev–Trinajstić information content (AvgIpc) is 3.66. The van der Waals surface area contributed by atoms with Gasteiger partial charge in [-0.15, -0.1) is 0 Å². The maximum Gasteiger partial charge on any atom is 0.327 e. The summed E-state index contributed by atoms with van der Waals surface area (Å²) in [5, 5.41) is 83.6. The van der Waals surface area contributed by atoms with E-state index in [9.17, 15) is 50.4 Å². The molecule has 4 heterocycles. The molecule has 45 heavy (non-hydrogen) atoms. The summed E-state index contributed by atoms with van der Waals surface area (Å²) in [6, 6.07) is 4.44. The van der Waals surface area contributed by atoms with Crippen LogP contribution in [0.3, 0.4) is 0 Å². The first-order chi connectivity index (χ1) is 21.4. The van der Waals surface area contributed by atoms with Crippen molar-refractivity contribution in [3.63, 3.8) is 0 Å². The van der Waals surface area contributed by atoms with Gasteiger partial charge in [-0.2, -0.15) is 0 Å². The number of aliphatic hydroxyl groups is 5. The highest BCUT2D eigenvalue weighted by molar-refractivity contribution is 6.32. The number of benzene rings is 2. The number of aromatic hydroxyl groups is 2. The van der Waals surface area contributed by atoms with Crippen LogP contribution in [-0.2, 0) is 27.2 Å². The smallest absolute Gasteiger partial charge is 0.327 e. The molecule has 4 aliphatic heterocycles. The van der Waals surface area contributed by atoms with Gasteiger partial charge in [0.05, 0.1) is 29.7 Å². The normalized spacial score (nSPS) is 30.3. The Morgan fingerprint density at radius 1 is 1.09 bits per heavy atom. The van der Waals surface area contributed by atoms with Crippen LogP contribution in [0.2, 0.25) is 0 Å². The zero-order valence-corrected chi connectivity index (χ0v) is 23.6. The van der Waals surface area contributed by atoms with Crippen molar-refractivity contribution in [2.75, 3.05) is 18.2 Å². The predicted octanol–water partition coefficient (Wildman–Crippen LogP) is -0.835. The zero-order chi connectivity index (χ0) is 32.2. The van der Waals surface area contributed by atoms with Crippen LogP contribution in [0.25, 0.3) is 6.08 Å². The Kier molecular flexibility index (Phi) is 7.84. The molecule has 1 fully saturated rings. The summed E-state index contributed by atoms with van der Waals surface area (Å²) in [6.07, 6.45) is -4.76. The maximum atomic E-state index is 13.7. The van der Waals surface area contributed by atoms with Crippen LogP contribution in [0.5, 0.6) is 17.2 Å². The number of ether oxygens (including phenoxy) is 2.